The quantitative estimate of drug-likeness (QED) is 0.673. The highest BCUT2D eigenvalue weighted by molar-refractivity contribution is 5.80. The predicted octanol–water partition coefficient (Wildman–Crippen LogP) is 2.88. The predicted molar refractivity (Wildman–Crippen MR) is 97.2 cm³/mol. The number of hydrogen-bond acceptors (Lipinski definition) is 5. The summed E-state index contributed by atoms with van der Waals surface area (Å²) in [5, 5.41) is 6.90. The Labute approximate surface area is 152 Å². The second-order valence-corrected chi connectivity index (χ2v) is 6.54. The molecule has 0 aliphatic heterocycles. The van der Waals surface area contributed by atoms with Crippen molar-refractivity contribution in [3.05, 3.63) is 54.8 Å². The first kappa shape index (κ1) is 17.8. The largest absolute Gasteiger partial charge is 0.354 e. The van der Waals surface area contributed by atoms with Crippen LogP contribution in [0, 0.1) is 5.92 Å². The fourth-order valence-corrected chi connectivity index (χ4v) is 2.73. The lowest BCUT2D eigenvalue weighted by molar-refractivity contribution is -0.124. The molecule has 1 atom stereocenters. The van der Waals surface area contributed by atoms with Crippen LogP contribution in [0.2, 0.25) is 0 Å². The molecular formula is C19H23N5O2. The average molecular weight is 353 g/mol. The number of rotatable bonds is 8. The van der Waals surface area contributed by atoms with Crippen LogP contribution in [0.15, 0.2) is 53.4 Å². The van der Waals surface area contributed by atoms with Gasteiger partial charge in [0.05, 0.1) is 0 Å². The minimum absolute atomic E-state index is 0.000588. The van der Waals surface area contributed by atoms with Crippen molar-refractivity contribution >= 4 is 5.91 Å². The minimum Gasteiger partial charge on any atom is -0.354 e. The minimum atomic E-state index is -0.211. The summed E-state index contributed by atoms with van der Waals surface area (Å²) >= 11 is 0. The Hall–Kier alpha value is -2.96. The van der Waals surface area contributed by atoms with Crippen LogP contribution in [-0.4, -0.2) is 32.1 Å². The highest BCUT2D eigenvalue weighted by atomic mass is 16.5. The van der Waals surface area contributed by atoms with E-state index in [9.17, 15) is 4.79 Å². The molecule has 0 aromatic carbocycles. The van der Waals surface area contributed by atoms with E-state index in [0.29, 0.717) is 36.3 Å². The Morgan fingerprint density at radius 1 is 1.23 bits per heavy atom. The summed E-state index contributed by atoms with van der Waals surface area (Å²) in [6, 6.07) is 9.17. The summed E-state index contributed by atoms with van der Waals surface area (Å²) in [7, 11) is 0. The molecule has 0 bridgehead atoms. The maximum atomic E-state index is 12.6. The van der Waals surface area contributed by atoms with Crippen LogP contribution >= 0.6 is 0 Å². The summed E-state index contributed by atoms with van der Waals surface area (Å²) in [6.07, 6.45) is 6.78. The molecule has 0 aliphatic carbocycles. The molecule has 0 aliphatic rings. The van der Waals surface area contributed by atoms with E-state index in [1.807, 2.05) is 47.3 Å². The van der Waals surface area contributed by atoms with Crippen molar-refractivity contribution in [1.82, 2.24) is 25.0 Å². The number of aromatic nitrogens is 4. The number of nitrogens with zero attached hydrogens (tertiary/aromatic N) is 4. The zero-order valence-corrected chi connectivity index (χ0v) is 15.0. The van der Waals surface area contributed by atoms with Crippen molar-refractivity contribution < 1.29 is 9.32 Å². The van der Waals surface area contributed by atoms with E-state index in [4.69, 9.17) is 4.52 Å². The van der Waals surface area contributed by atoms with E-state index in [0.717, 1.165) is 6.42 Å². The molecule has 1 amide bonds. The lowest BCUT2D eigenvalue weighted by atomic mass is 10.0. The third-order valence-electron chi connectivity index (χ3n) is 3.98. The zero-order valence-electron chi connectivity index (χ0n) is 15.0. The van der Waals surface area contributed by atoms with E-state index >= 15 is 0 Å². The zero-order chi connectivity index (χ0) is 18.4. The fraction of sp³-hybridized carbons (Fsp3) is 0.368. The molecule has 0 fully saturated rings. The molecule has 0 spiro atoms. The topological polar surface area (TPSA) is 85.8 Å². The van der Waals surface area contributed by atoms with E-state index in [2.05, 4.69) is 34.3 Å². The second-order valence-electron chi connectivity index (χ2n) is 6.54. The van der Waals surface area contributed by atoms with Gasteiger partial charge in [-0.2, -0.15) is 4.98 Å². The molecule has 3 rings (SSSR count). The normalized spacial score (nSPS) is 12.3. The van der Waals surface area contributed by atoms with Gasteiger partial charge < -0.3 is 14.4 Å². The summed E-state index contributed by atoms with van der Waals surface area (Å²) in [4.78, 5) is 21.1. The maximum Gasteiger partial charge on any atom is 0.243 e. The second kappa shape index (κ2) is 8.42. The first-order valence-corrected chi connectivity index (χ1v) is 8.77. The first-order valence-electron chi connectivity index (χ1n) is 8.77. The van der Waals surface area contributed by atoms with Gasteiger partial charge in [-0.1, -0.05) is 25.1 Å². The van der Waals surface area contributed by atoms with E-state index in [1.54, 1.807) is 6.20 Å². The molecule has 136 valence electrons. The van der Waals surface area contributed by atoms with Crippen molar-refractivity contribution in [3.63, 3.8) is 0 Å². The fourth-order valence-electron chi connectivity index (χ4n) is 2.73. The third-order valence-corrected chi connectivity index (χ3v) is 3.98. The molecule has 0 saturated carbocycles. The van der Waals surface area contributed by atoms with Gasteiger partial charge in [-0.25, -0.2) is 0 Å². The maximum absolute atomic E-state index is 12.6. The molecule has 1 N–H and O–H groups in total. The standard InChI is InChI=1S/C19H23N5O2/c1-14(2)13-16(24-11-5-6-12-24)19(25)21-10-8-17-22-18(23-26-17)15-7-3-4-9-20-15/h3-7,9,11-12,14,16H,8,10,13H2,1-2H3,(H,21,25)/t16-/m1/s1. The van der Waals surface area contributed by atoms with Crippen LogP contribution < -0.4 is 5.32 Å². The van der Waals surface area contributed by atoms with Crippen LogP contribution in [0.1, 0.15) is 32.2 Å². The molecule has 3 aromatic heterocycles. The lowest BCUT2D eigenvalue weighted by Gasteiger charge is -2.20. The third kappa shape index (κ3) is 4.56. The van der Waals surface area contributed by atoms with E-state index in [-0.39, 0.29) is 11.9 Å². The molecule has 0 radical (unpaired) electrons. The highest BCUT2D eigenvalue weighted by Gasteiger charge is 2.20. The van der Waals surface area contributed by atoms with Crippen molar-refractivity contribution in [2.24, 2.45) is 5.92 Å². The van der Waals surface area contributed by atoms with Crippen LogP contribution in [0.4, 0.5) is 0 Å². The highest BCUT2D eigenvalue weighted by Crippen LogP contribution is 2.18. The molecule has 26 heavy (non-hydrogen) atoms. The number of nitrogens with one attached hydrogen (secondary N) is 1. The van der Waals surface area contributed by atoms with Crippen LogP contribution in [-0.2, 0) is 11.2 Å². The van der Waals surface area contributed by atoms with Gasteiger partial charge in [0.1, 0.15) is 11.7 Å². The molecule has 0 unspecified atom stereocenters. The van der Waals surface area contributed by atoms with E-state index in [1.165, 1.54) is 0 Å². The molecule has 0 saturated heterocycles. The summed E-state index contributed by atoms with van der Waals surface area (Å²) in [5.41, 5.74) is 0.663. The van der Waals surface area contributed by atoms with Crippen molar-refractivity contribution in [2.45, 2.75) is 32.7 Å². The van der Waals surface area contributed by atoms with Gasteiger partial charge in [0.15, 0.2) is 0 Å². The van der Waals surface area contributed by atoms with Gasteiger partial charge in [0, 0.05) is 31.6 Å². The van der Waals surface area contributed by atoms with Crippen LogP contribution in [0.3, 0.4) is 0 Å². The van der Waals surface area contributed by atoms with Crippen molar-refractivity contribution in [1.29, 1.82) is 0 Å². The summed E-state index contributed by atoms with van der Waals surface area (Å²) in [5.74, 6) is 1.36. The van der Waals surface area contributed by atoms with Gasteiger partial charge >= 0.3 is 0 Å². The number of pyridine rings is 1. The Balaban J connectivity index is 1.55. The van der Waals surface area contributed by atoms with Gasteiger partial charge in [0.25, 0.3) is 0 Å². The Kier molecular flexibility index (Phi) is 5.78. The molecule has 3 aromatic rings. The van der Waals surface area contributed by atoms with Gasteiger partial charge in [-0.15, -0.1) is 0 Å². The average Bonchev–Trinajstić information content (AvgIpc) is 3.32. The SMILES string of the molecule is CC(C)C[C@H](C(=O)NCCc1nc(-c2ccccn2)no1)n1cccc1. The van der Waals surface area contributed by atoms with Crippen molar-refractivity contribution in [2.75, 3.05) is 6.54 Å². The lowest BCUT2D eigenvalue weighted by Crippen LogP contribution is -2.34. The summed E-state index contributed by atoms with van der Waals surface area (Å²) < 4.78 is 7.19. The smallest absolute Gasteiger partial charge is 0.243 e. The van der Waals surface area contributed by atoms with Crippen LogP contribution in [0.25, 0.3) is 11.5 Å². The Morgan fingerprint density at radius 2 is 2.04 bits per heavy atom. The van der Waals surface area contributed by atoms with E-state index < -0.39 is 0 Å². The number of hydrogen-bond donors (Lipinski definition) is 1. The molecule has 3 heterocycles. The van der Waals surface area contributed by atoms with Gasteiger partial charge in [-0.3, -0.25) is 9.78 Å². The molecule has 7 heteroatoms. The summed E-state index contributed by atoms with van der Waals surface area (Å²) in [6.45, 7) is 4.67. The molecule has 7 nitrogen and oxygen atoms in total. The number of amides is 1. The number of carbonyl (C=O) groups excluding carboxylic acids is 1. The number of carbonyl (C=O) groups is 1. The van der Waals surface area contributed by atoms with Crippen molar-refractivity contribution in [3.8, 4) is 11.5 Å². The Bertz CT molecular complexity index is 812. The van der Waals surface area contributed by atoms with Gasteiger partial charge in [-0.05, 0) is 36.6 Å². The first-order chi connectivity index (χ1) is 12.6. The Morgan fingerprint density at radius 3 is 2.73 bits per heavy atom. The molecular weight excluding hydrogens is 330 g/mol. The van der Waals surface area contributed by atoms with Gasteiger partial charge in [0.2, 0.25) is 17.6 Å². The monoisotopic (exact) mass is 353 g/mol. The van der Waals surface area contributed by atoms with Crippen LogP contribution in [0.5, 0.6) is 0 Å².